The van der Waals surface area contributed by atoms with Crippen molar-refractivity contribution >= 4 is 11.7 Å². The number of ether oxygens (including phenoxy) is 1. The Kier molecular flexibility index (Phi) is 5.70. The van der Waals surface area contributed by atoms with Gasteiger partial charge in [-0.3, -0.25) is 0 Å². The number of anilines is 1. The van der Waals surface area contributed by atoms with Gasteiger partial charge in [-0.15, -0.1) is 0 Å². The third-order valence-corrected chi connectivity index (χ3v) is 5.53. The lowest BCUT2D eigenvalue weighted by atomic mass is 10.0. The van der Waals surface area contributed by atoms with E-state index in [1.807, 2.05) is 56.3 Å². The van der Waals surface area contributed by atoms with E-state index in [0.29, 0.717) is 18.3 Å². The maximum atomic E-state index is 13.1. The molecule has 1 fully saturated rings. The van der Waals surface area contributed by atoms with Crippen molar-refractivity contribution in [1.82, 2.24) is 15.0 Å². The van der Waals surface area contributed by atoms with Crippen LogP contribution in [0.15, 0.2) is 47.0 Å². The summed E-state index contributed by atoms with van der Waals surface area (Å²) in [5.74, 6) is 1.68. The van der Waals surface area contributed by atoms with E-state index in [4.69, 9.17) is 9.26 Å². The summed E-state index contributed by atoms with van der Waals surface area (Å²) in [4.78, 5) is 19.5. The van der Waals surface area contributed by atoms with Gasteiger partial charge in [-0.2, -0.15) is 4.98 Å². The summed E-state index contributed by atoms with van der Waals surface area (Å²) < 4.78 is 10.9. The average molecular weight is 406 g/mol. The van der Waals surface area contributed by atoms with Gasteiger partial charge in [-0.05, 0) is 56.4 Å². The molecule has 1 saturated heterocycles. The smallest absolute Gasteiger partial charge is 0.322 e. The Morgan fingerprint density at radius 2 is 1.93 bits per heavy atom. The highest BCUT2D eigenvalue weighted by Gasteiger charge is 2.32. The summed E-state index contributed by atoms with van der Waals surface area (Å²) in [5.41, 5.74) is 3.74. The summed E-state index contributed by atoms with van der Waals surface area (Å²) in [6, 6.07) is 13.1. The van der Waals surface area contributed by atoms with Gasteiger partial charge in [0.25, 0.3) is 0 Å². The SMILES string of the molecule is COc1cccc(-c2noc([C@@H]3CCCCN3C(=O)Nc3c(C)cccc3C)n2)c1. The van der Waals surface area contributed by atoms with E-state index in [0.717, 1.165) is 47.4 Å². The van der Waals surface area contributed by atoms with Gasteiger partial charge in [0.15, 0.2) is 0 Å². The van der Waals surface area contributed by atoms with Crippen molar-refractivity contribution in [2.75, 3.05) is 19.0 Å². The number of aryl methyl sites for hydroxylation is 2. The number of urea groups is 1. The maximum Gasteiger partial charge on any atom is 0.322 e. The summed E-state index contributed by atoms with van der Waals surface area (Å²) in [7, 11) is 1.62. The molecule has 0 unspecified atom stereocenters. The van der Waals surface area contributed by atoms with Crippen LogP contribution in [0.25, 0.3) is 11.4 Å². The number of methoxy groups -OCH3 is 1. The van der Waals surface area contributed by atoms with Crippen molar-refractivity contribution in [1.29, 1.82) is 0 Å². The van der Waals surface area contributed by atoms with Gasteiger partial charge in [0.05, 0.1) is 7.11 Å². The molecule has 0 spiro atoms. The molecule has 156 valence electrons. The largest absolute Gasteiger partial charge is 0.497 e. The molecular weight excluding hydrogens is 380 g/mol. The number of para-hydroxylation sites is 1. The van der Waals surface area contributed by atoms with Crippen LogP contribution in [0.1, 0.15) is 42.3 Å². The van der Waals surface area contributed by atoms with E-state index in [1.165, 1.54) is 0 Å². The number of rotatable bonds is 4. The molecule has 1 aliphatic heterocycles. The molecule has 0 radical (unpaired) electrons. The van der Waals surface area contributed by atoms with Crippen LogP contribution in [-0.4, -0.2) is 34.7 Å². The van der Waals surface area contributed by atoms with E-state index in [9.17, 15) is 4.79 Å². The first-order chi connectivity index (χ1) is 14.6. The van der Waals surface area contributed by atoms with Crippen LogP contribution in [0.4, 0.5) is 10.5 Å². The van der Waals surface area contributed by atoms with E-state index in [1.54, 1.807) is 12.0 Å². The molecule has 3 aromatic rings. The van der Waals surface area contributed by atoms with Crippen LogP contribution in [0.5, 0.6) is 5.75 Å². The highest BCUT2D eigenvalue weighted by atomic mass is 16.5. The van der Waals surface area contributed by atoms with E-state index in [2.05, 4.69) is 15.5 Å². The average Bonchev–Trinajstić information content (AvgIpc) is 3.26. The normalized spacial score (nSPS) is 16.4. The molecule has 1 aliphatic rings. The number of likely N-dealkylation sites (tertiary alicyclic amines) is 1. The topological polar surface area (TPSA) is 80.5 Å². The van der Waals surface area contributed by atoms with Gasteiger partial charge in [-0.1, -0.05) is 35.5 Å². The lowest BCUT2D eigenvalue weighted by molar-refractivity contribution is 0.142. The Labute approximate surface area is 176 Å². The second-order valence-electron chi connectivity index (χ2n) is 7.59. The van der Waals surface area contributed by atoms with E-state index in [-0.39, 0.29) is 12.1 Å². The number of nitrogens with zero attached hydrogens (tertiary/aromatic N) is 3. The molecule has 0 saturated carbocycles. The van der Waals surface area contributed by atoms with Crippen molar-refractivity contribution < 1.29 is 14.1 Å². The third-order valence-electron chi connectivity index (χ3n) is 5.53. The van der Waals surface area contributed by atoms with Gasteiger partial charge in [0, 0.05) is 17.8 Å². The number of nitrogens with one attached hydrogen (secondary N) is 1. The van der Waals surface area contributed by atoms with Crippen molar-refractivity contribution in [3.05, 3.63) is 59.5 Å². The van der Waals surface area contributed by atoms with E-state index >= 15 is 0 Å². The summed E-state index contributed by atoms with van der Waals surface area (Å²) in [6.45, 7) is 4.64. The van der Waals surface area contributed by atoms with E-state index < -0.39 is 0 Å². The number of piperidine rings is 1. The molecule has 7 heteroatoms. The molecule has 1 atom stereocenters. The molecule has 0 bridgehead atoms. The minimum Gasteiger partial charge on any atom is -0.497 e. The molecule has 1 aromatic heterocycles. The van der Waals surface area contributed by atoms with Crippen molar-refractivity contribution in [2.24, 2.45) is 0 Å². The van der Waals surface area contributed by atoms with Crippen molar-refractivity contribution in [2.45, 2.75) is 39.2 Å². The standard InChI is InChI=1S/C23H26N4O3/c1-15-8-6-9-16(2)20(15)24-23(28)27-13-5-4-12-19(27)22-25-21(26-30-22)17-10-7-11-18(14-17)29-3/h6-11,14,19H,4-5,12-13H2,1-3H3,(H,24,28)/t19-/m0/s1. The Morgan fingerprint density at radius 1 is 1.17 bits per heavy atom. The predicted octanol–water partition coefficient (Wildman–Crippen LogP) is 5.12. The maximum absolute atomic E-state index is 13.1. The minimum absolute atomic E-state index is 0.141. The minimum atomic E-state index is -0.241. The summed E-state index contributed by atoms with van der Waals surface area (Å²) >= 11 is 0. The monoisotopic (exact) mass is 406 g/mol. The van der Waals surface area contributed by atoms with Gasteiger partial charge in [-0.25, -0.2) is 4.79 Å². The van der Waals surface area contributed by atoms with Crippen LogP contribution >= 0.6 is 0 Å². The lowest BCUT2D eigenvalue weighted by Crippen LogP contribution is -2.41. The molecule has 30 heavy (non-hydrogen) atoms. The highest BCUT2D eigenvalue weighted by Crippen LogP contribution is 2.32. The summed E-state index contributed by atoms with van der Waals surface area (Å²) in [6.07, 6.45) is 2.75. The molecular formula is C23H26N4O3. The van der Waals surface area contributed by atoms with Crippen molar-refractivity contribution in [3.8, 4) is 17.1 Å². The second-order valence-corrected chi connectivity index (χ2v) is 7.59. The number of benzene rings is 2. The first-order valence-electron chi connectivity index (χ1n) is 10.2. The van der Waals surface area contributed by atoms with Crippen LogP contribution in [0.2, 0.25) is 0 Å². The zero-order valence-electron chi connectivity index (χ0n) is 17.5. The third kappa shape index (κ3) is 4.01. The van der Waals surface area contributed by atoms with Crippen LogP contribution in [-0.2, 0) is 0 Å². The fraction of sp³-hybridized carbons (Fsp3) is 0.348. The lowest BCUT2D eigenvalue weighted by Gasteiger charge is -2.33. The first-order valence-corrected chi connectivity index (χ1v) is 10.2. The van der Waals surface area contributed by atoms with Gasteiger partial charge in [0.1, 0.15) is 11.8 Å². The molecule has 4 rings (SSSR count). The fourth-order valence-corrected chi connectivity index (χ4v) is 3.87. The summed E-state index contributed by atoms with van der Waals surface area (Å²) in [5, 5.41) is 7.23. The Balaban J connectivity index is 1.57. The molecule has 7 nitrogen and oxygen atoms in total. The van der Waals surface area contributed by atoms with Crippen LogP contribution in [0.3, 0.4) is 0 Å². The zero-order valence-corrected chi connectivity index (χ0v) is 17.5. The number of amides is 2. The quantitative estimate of drug-likeness (QED) is 0.650. The number of carbonyl (C=O) groups is 1. The Hall–Kier alpha value is -3.35. The molecule has 1 N–H and O–H groups in total. The first kappa shape index (κ1) is 19.9. The Morgan fingerprint density at radius 3 is 2.70 bits per heavy atom. The number of aromatic nitrogens is 2. The van der Waals surface area contributed by atoms with Gasteiger partial charge < -0.3 is 19.5 Å². The molecule has 2 amide bonds. The second kappa shape index (κ2) is 8.57. The number of carbonyl (C=O) groups excluding carboxylic acids is 1. The van der Waals surface area contributed by atoms with Crippen molar-refractivity contribution in [3.63, 3.8) is 0 Å². The number of hydrogen-bond donors (Lipinski definition) is 1. The number of hydrogen-bond acceptors (Lipinski definition) is 5. The molecule has 2 aromatic carbocycles. The predicted molar refractivity (Wildman–Crippen MR) is 115 cm³/mol. The van der Waals surface area contributed by atoms with Gasteiger partial charge >= 0.3 is 6.03 Å². The molecule has 2 heterocycles. The fourth-order valence-electron chi connectivity index (χ4n) is 3.87. The molecule has 0 aliphatic carbocycles. The van der Waals surface area contributed by atoms with Gasteiger partial charge in [0.2, 0.25) is 11.7 Å². The van der Waals surface area contributed by atoms with Crippen LogP contribution < -0.4 is 10.1 Å². The highest BCUT2D eigenvalue weighted by molar-refractivity contribution is 5.91. The van der Waals surface area contributed by atoms with Crippen LogP contribution in [0, 0.1) is 13.8 Å². The zero-order chi connectivity index (χ0) is 21.1. The Bertz CT molecular complexity index is 1030.